The fourth-order valence-corrected chi connectivity index (χ4v) is 4.25. The van der Waals surface area contributed by atoms with Gasteiger partial charge in [0.05, 0.1) is 19.3 Å². The van der Waals surface area contributed by atoms with Crippen LogP contribution in [0.1, 0.15) is 53.9 Å². The Morgan fingerprint density at radius 2 is 2.04 bits per heavy atom. The molecule has 0 unspecified atom stereocenters. The van der Waals surface area contributed by atoms with Crippen molar-refractivity contribution < 1.29 is 23.9 Å². The average molecular weight is 353 g/mol. The molecule has 1 aromatic rings. The molecule has 0 spiro atoms. The van der Waals surface area contributed by atoms with Crippen molar-refractivity contribution in [3.8, 4) is 0 Å². The predicted molar refractivity (Wildman–Crippen MR) is 91.3 cm³/mol. The lowest BCUT2D eigenvalue weighted by Crippen LogP contribution is -2.19. The molecule has 6 nitrogen and oxygen atoms in total. The van der Waals surface area contributed by atoms with E-state index in [9.17, 15) is 14.4 Å². The van der Waals surface area contributed by atoms with Crippen molar-refractivity contribution in [2.45, 2.75) is 46.0 Å². The highest BCUT2D eigenvalue weighted by Crippen LogP contribution is 2.40. The van der Waals surface area contributed by atoms with E-state index in [0.717, 1.165) is 36.1 Å². The van der Waals surface area contributed by atoms with Crippen LogP contribution in [-0.4, -0.2) is 31.6 Å². The zero-order valence-electron chi connectivity index (χ0n) is 14.3. The Morgan fingerprint density at radius 3 is 2.67 bits per heavy atom. The van der Waals surface area contributed by atoms with Crippen molar-refractivity contribution in [1.29, 1.82) is 0 Å². The number of anilines is 1. The van der Waals surface area contributed by atoms with Crippen LogP contribution in [0.3, 0.4) is 0 Å². The molecule has 0 radical (unpaired) electrons. The van der Waals surface area contributed by atoms with Crippen LogP contribution in [0.4, 0.5) is 5.00 Å². The van der Waals surface area contributed by atoms with Gasteiger partial charge in [-0.3, -0.25) is 9.59 Å². The molecule has 1 N–H and O–H groups in total. The van der Waals surface area contributed by atoms with E-state index in [0.29, 0.717) is 16.5 Å². The molecule has 0 bridgehead atoms. The molecule has 132 valence electrons. The first-order valence-electron chi connectivity index (χ1n) is 8.18. The van der Waals surface area contributed by atoms with Gasteiger partial charge in [0.25, 0.3) is 0 Å². The average Bonchev–Trinajstić information content (AvgIpc) is 2.91. The Hall–Kier alpha value is -1.89. The topological polar surface area (TPSA) is 81.7 Å². The highest BCUT2D eigenvalue weighted by molar-refractivity contribution is 7.17. The molecular weight excluding hydrogens is 330 g/mol. The molecule has 1 heterocycles. The third kappa shape index (κ3) is 4.14. The number of carbonyl (C=O) groups excluding carboxylic acids is 3. The largest absolute Gasteiger partial charge is 0.469 e. The van der Waals surface area contributed by atoms with Gasteiger partial charge >= 0.3 is 11.9 Å². The lowest BCUT2D eigenvalue weighted by Gasteiger charge is -2.20. The van der Waals surface area contributed by atoms with Crippen molar-refractivity contribution >= 4 is 34.2 Å². The van der Waals surface area contributed by atoms with E-state index in [2.05, 4.69) is 17.0 Å². The van der Waals surface area contributed by atoms with Gasteiger partial charge in [0.2, 0.25) is 5.91 Å². The monoisotopic (exact) mass is 353 g/mol. The molecule has 0 aliphatic heterocycles. The number of hydrogen-bond acceptors (Lipinski definition) is 6. The van der Waals surface area contributed by atoms with Crippen molar-refractivity contribution in [3.63, 3.8) is 0 Å². The third-order valence-corrected chi connectivity index (χ3v) is 5.38. The minimum Gasteiger partial charge on any atom is -0.469 e. The maximum Gasteiger partial charge on any atom is 0.341 e. The van der Waals surface area contributed by atoms with Crippen LogP contribution < -0.4 is 5.32 Å². The first kappa shape index (κ1) is 18.4. The molecule has 2 rings (SSSR count). The second kappa shape index (κ2) is 8.28. The van der Waals surface area contributed by atoms with E-state index >= 15 is 0 Å². The van der Waals surface area contributed by atoms with Crippen molar-refractivity contribution in [2.75, 3.05) is 19.0 Å². The first-order valence-corrected chi connectivity index (χ1v) is 9.00. The molecule has 0 saturated heterocycles. The first-order chi connectivity index (χ1) is 11.5. The maximum absolute atomic E-state index is 12.4. The third-order valence-electron chi connectivity index (χ3n) is 4.21. The van der Waals surface area contributed by atoms with E-state index in [4.69, 9.17) is 4.74 Å². The molecule has 1 aromatic heterocycles. The smallest absolute Gasteiger partial charge is 0.341 e. The van der Waals surface area contributed by atoms with Gasteiger partial charge in [0.15, 0.2) is 0 Å². The van der Waals surface area contributed by atoms with E-state index in [1.165, 1.54) is 18.4 Å². The number of carbonyl (C=O) groups is 3. The number of fused-ring (bicyclic) bond motifs is 1. The number of amides is 1. The molecule has 1 amide bonds. The van der Waals surface area contributed by atoms with Crippen LogP contribution in [0.15, 0.2) is 0 Å². The Morgan fingerprint density at radius 1 is 1.29 bits per heavy atom. The van der Waals surface area contributed by atoms with E-state index < -0.39 is 17.8 Å². The number of thiophene rings is 1. The predicted octanol–water partition coefficient (Wildman–Crippen LogP) is 2.94. The van der Waals surface area contributed by atoms with Gasteiger partial charge in [0.1, 0.15) is 11.4 Å². The summed E-state index contributed by atoms with van der Waals surface area (Å²) in [6.07, 6.45) is 3.47. The van der Waals surface area contributed by atoms with Gasteiger partial charge in [0, 0.05) is 4.88 Å². The van der Waals surface area contributed by atoms with E-state index in [1.54, 1.807) is 6.92 Å². The molecule has 7 heteroatoms. The summed E-state index contributed by atoms with van der Waals surface area (Å²) in [7, 11) is 1.23. The maximum atomic E-state index is 12.4. The number of nitrogens with one attached hydrogen (secondary N) is 1. The quantitative estimate of drug-likeness (QED) is 0.628. The Labute approximate surface area is 145 Å². The molecule has 0 aromatic carbocycles. The van der Waals surface area contributed by atoms with Crippen LogP contribution in [0.2, 0.25) is 0 Å². The molecule has 0 fully saturated rings. The number of rotatable bonds is 6. The summed E-state index contributed by atoms with van der Waals surface area (Å²) in [5.41, 5.74) is 1.43. The van der Waals surface area contributed by atoms with Crippen LogP contribution in [0.5, 0.6) is 0 Å². The normalized spacial score (nSPS) is 16.2. The number of methoxy groups -OCH3 is 1. The molecule has 0 saturated carbocycles. The minimum absolute atomic E-state index is 0.274. The van der Waals surface area contributed by atoms with Crippen molar-refractivity contribution in [3.05, 3.63) is 16.0 Å². The zero-order chi connectivity index (χ0) is 17.7. The van der Waals surface area contributed by atoms with Crippen LogP contribution in [0.25, 0.3) is 0 Å². The van der Waals surface area contributed by atoms with Crippen molar-refractivity contribution in [2.24, 2.45) is 5.92 Å². The van der Waals surface area contributed by atoms with Crippen LogP contribution in [0, 0.1) is 5.92 Å². The highest BCUT2D eigenvalue weighted by Gasteiger charge is 2.30. The number of hydrogen-bond donors (Lipinski definition) is 1. The van der Waals surface area contributed by atoms with Crippen molar-refractivity contribution in [1.82, 2.24) is 0 Å². The molecule has 1 atom stereocenters. The molecule has 1 aliphatic rings. The highest BCUT2D eigenvalue weighted by atomic mass is 32.1. The standard InChI is InChI=1S/C17H23NO5S/c1-4-10-6-7-11-12(8-10)24-16(15(11)17(21)23-5-2)18-13(19)9-14(20)22-3/h10H,4-9H2,1-3H3,(H,18,19)/t10-/m1/s1. The zero-order valence-corrected chi connectivity index (χ0v) is 15.1. The SMILES string of the molecule is CCOC(=O)c1c(NC(=O)CC(=O)OC)sc2c1CC[C@@H](CC)C2. The second-order valence-electron chi connectivity index (χ2n) is 5.75. The Balaban J connectivity index is 2.28. The number of esters is 2. The molecule has 1 aliphatic carbocycles. The van der Waals surface area contributed by atoms with Crippen LogP contribution in [-0.2, 0) is 31.9 Å². The summed E-state index contributed by atoms with van der Waals surface area (Å²) in [6.45, 7) is 4.19. The van der Waals surface area contributed by atoms with E-state index in [-0.39, 0.29) is 13.0 Å². The lowest BCUT2D eigenvalue weighted by molar-refractivity contribution is -0.142. The summed E-state index contributed by atoms with van der Waals surface area (Å²) in [4.78, 5) is 36.7. The fraction of sp³-hybridized carbons (Fsp3) is 0.588. The van der Waals surface area contributed by atoms with Gasteiger partial charge in [-0.05, 0) is 37.7 Å². The number of ether oxygens (including phenoxy) is 2. The van der Waals surface area contributed by atoms with Gasteiger partial charge < -0.3 is 14.8 Å². The Kier molecular flexibility index (Phi) is 6.36. The summed E-state index contributed by atoms with van der Waals surface area (Å²) in [5.74, 6) is -0.918. The minimum atomic E-state index is -0.613. The lowest BCUT2D eigenvalue weighted by atomic mass is 9.85. The van der Waals surface area contributed by atoms with Gasteiger partial charge in [-0.1, -0.05) is 13.3 Å². The summed E-state index contributed by atoms with van der Waals surface area (Å²) >= 11 is 1.41. The summed E-state index contributed by atoms with van der Waals surface area (Å²) in [6, 6.07) is 0. The molecule has 24 heavy (non-hydrogen) atoms. The van der Waals surface area contributed by atoms with Gasteiger partial charge in [-0.2, -0.15) is 0 Å². The Bertz CT molecular complexity index is 637. The van der Waals surface area contributed by atoms with Gasteiger partial charge in [-0.15, -0.1) is 11.3 Å². The second-order valence-corrected chi connectivity index (χ2v) is 6.85. The van der Waals surface area contributed by atoms with E-state index in [1.807, 2.05) is 0 Å². The fourth-order valence-electron chi connectivity index (χ4n) is 2.88. The van der Waals surface area contributed by atoms with Crippen LogP contribution >= 0.6 is 11.3 Å². The molecular formula is C17H23NO5S. The summed E-state index contributed by atoms with van der Waals surface area (Å²) in [5, 5.41) is 3.16. The summed E-state index contributed by atoms with van der Waals surface area (Å²) < 4.78 is 9.65. The van der Waals surface area contributed by atoms with Gasteiger partial charge in [-0.25, -0.2) is 4.79 Å².